The molecular weight excluding hydrogens is 363 g/mol. The van der Waals surface area contributed by atoms with Crippen LogP contribution >= 0.6 is 34.9 Å². The third-order valence-electron chi connectivity index (χ3n) is 3.02. The molecule has 0 saturated heterocycles. The molecule has 23 heavy (non-hydrogen) atoms. The molecule has 0 fully saturated rings. The van der Waals surface area contributed by atoms with E-state index in [0.717, 1.165) is 17.8 Å². The second-order valence-electron chi connectivity index (χ2n) is 4.43. The molecule has 116 valence electrons. The van der Waals surface area contributed by atoms with Crippen LogP contribution in [0.25, 0.3) is 11.0 Å². The summed E-state index contributed by atoms with van der Waals surface area (Å²) in [4.78, 5) is 22.6. The molecule has 3 aromatic rings. The lowest BCUT2D eigenvalue weighted by Gasteiger charge is -2.08. The van der Waals surface area contributed by atoms with Gasteiger partial charge in [-0.25, -0.2) is 0 Å². The maximum Gasteiger partial charge on any atom is 0.288 e. The van der Waals surface area contributed by atoms with Gasteiger partial charge in [0.15, 0.2) is 0 Å². The number of nitrogens with one attached hydrogen (secondary N) is 1. The van der Waals surface area contributed by atoms with Crippen LogP contribution in [0, 0.1) is 10.1 Å². The highest BCUT2D eigenvalue weighted by molar-refractivity contribution is 7.00. The average Bonchev–Trinajstić information content (AvgIpc) is 2.99. The summed E-state index contributed by atoms with van der Waals surface area (Å²) in [6, 6.07) is 7.05. The van der Waals surface area contributed by atoms with Crippen molar-refractivity contribution in [1.29, 1.82) is 0 Å². The number of hydrogen-bond donors (Lipinski definition) is 1. The van der Waals surface area contributed by atoms with Crippen LogP contribution in [-0.4, -0.2) is 19.6 Å². The number of anilines is 1. The van der Waals surface area contributed by atoms with Crippen LogP contribution in [-0.2, 0) is 0 Å². The number of halogens is 2. The summed E-state index contributed by atoms with van der Waals surface area (Å²) >= 11 is 12.8. The lowest BCUT2D eigenvalue weighted by molar-refractivity contribution is -0.384. The molecule has 7 nitrogen and oxygen atoms in total. The van der Waals surface area contributed by atoms with Crippen molar-refractivity contribution < 1.29 is 9.72 Å². The van der Waals surface area contributed by atoms with Crippen LogP contribution in [0.4, 0.5) is 11.4 Å². The monoisotopic (exact) mass is 368 g/mol. The third-order valence-corrected chi connectivity index (χ3v) is 4.20. The van der Waals surface area contributed by atoms with Crippen LogP contribution < -0.4 is 5.32 Å². The molecule has 0 saturated carbocycles. The Balaban J connectivity index is 1.98. The van der Waals surface area contributed by atoms with E-state index in [1.165, 1.54) is 12.1 Å². The van der Waals surface area contributed by atoms with Crippen LogP contribution in [0.15, 0.2) is 30.3 Å². The standard InChI is InChI=1S/C13H6Cl2N4O3S/c14-7-2-1-6(5-10(7)19(21)22)13(20)16-11-8(15)3-4-9-12(11)18-23-17-9/h1-5H,(H,16,20). The molecule has 10 heteroatoms. The van der Waals surface area contributed by atoms with E-state index in [1.807, 2.05) is 0 Å². The lowest BCUT2D eigenvalue weighted by atomic mass is 10.1. The summed E-state index contributed by atoms with van der Waals surface area (Å²) in [5.41, 5.74) is 1.09. The summed E-state index contributed by atoms with van der Waals surface area (Å²) < 4.78 is 8.15. The van der Waals surface area contributed by atoms with Crippen molar-refractivity contribution in [3.8, 4) is 0 Å². The van der Waals surface area contributed by atoms with Gasteiger partial charge in [0.1, 0.15) is 16.1 Å². The van der Waals surface area contributed by atoms with E-state index in [-0.39, 0.29) is 16.3 Å². The smallest absolute Gasteiger partial charge is 0.288 e. The number of nitrogens with zero attached hydrogens (tertiary/aromatic N) is 3. The predicted molar refractivity (Wildman–Crippen MR) is 88.5 cm³/mol. The Kier molecular flexibility index (Phi) is 4.12. The van der Waals surface area contributed by atoms with Gasteiger partial charge in [0.05, 0.1) is 27.4 Å². The first-order valence-corrected chi connectivity index (χ1v) is 7.62. The van der Waals surface area contributed by atoms with Gasteiger partial charge in [-0.15, -0.1) is 0 Å². The average molecular weight is 369 g/mol. The maximum absolute atomic E-state index is 12.3. The van der Waals surface area contributed by atoms with Crippen LogP contribution in [0.3, 0.4) is 0 Å². The third kappa shape index (κ3) is 2.96. The van der Waals surface area contributed by atoms with Crippen molar-refractivity contribution in [1.82, 2.24) is 8.75 Å². The van der Waals surface area contributed by atoms with E-state index < -0.39 is 10.8 Å². The molecular formula is C13H6Cl2N4O3S. The van der Waals surface area contributed by atoms with Crippen LogP contribution in [0.5, 0.6) is 0 Å². The zero-order valence-electron chi connectivity index (χ0n) is 11.1. The minimum atomic E-state index is -0.656. The Hall–Kier alpha value is -2.29. The molecule has 3 rings (SSSR count). The van der Waals surface area contributed by atoms with Crippen LogP contribution in [0.2, 0.25) is 10.0 Å². The van der Waals surface area contributed by atoms with Crippen molar-refractivity contribution in [3.05, 3.63) is 56.1 Å². The zero-order chi connectivity index (χ0) is 16.6. The number of hydrogen-bond acceptors (Lipinski definition) is 6. The minimum Gasteiger partial charge on any atom is -0.319 e. The molecule has 1 amide bonds. The van der Waals surface area contributed by atoms with Crippen molar-refractivity contribution in [2.75, 3.05) is 5.32 Å². The van der Waals surface area contributed by atoms with Gasteiger partial charge in [-0.1, -0.05) is 23.2 Å². The Labute approximate surface area is 143 Å². The van der Waals surface area contributed by atoms with Crippen LogP contribution in [0.1, 0.15) is 10.4 Å². The number of fused-ring (bicyclic) bond motifs is 1. The summed E-state index contributed by atoms with van der Waals surface area (Å²) in [7, 11) is 0. The number of amides is 1. The fourth-order valence-corrected chi connectivity index (χ4v) is 2.85. The number of nitro groups is 1. The number of carbonyl (C=O) groups excluding carboxylic acids is 1. The Morgan fingerprint density at radius 1 is 1.17 bits per heavy atom. The SMILES string of the molecule is O=C(Nc1c(Cl)ccc2nsnc12)c1ccc(Cl)c([N+](=O)[O-])c1. The largest absolute Gasteiger partial charge is 0.319 e. The highest BCUT2D eigenvalue weighted by atomic mass is 35.5. The Morgan fingerprint density at radius 3 is 2.65 bits per heavy atom. The quantitative estimate of drug-likeness (QED) is 0.552. The van der Waals surface area contributed by atoms with Gasteiger partial charge in [0, 0.05) is 11.6 Å². The minimum absolute atomic E-state index is 0.0459. The van der Waals surface area contributed by atoms with Crippen molar-refractivity contribution in [2.24, 2.45) is 0 Å². The molecule has 0 aliphatic carbocycles. The number of aromatic nitrogens is 2. The first-order valence-electron chi connectivity index (χ1n) is 6.13. The zero-order valence-corrected chi connectivity index (χ0v) is 13.4. The Bertz CT molecular complexity index is 944. The van der Waals surface area contributed by atoms with Crippen molar-refractivity contribution in [3.63, 3.8) is 0 Å². The van der Waals surface area contributed by atoms with Gasteiger partial charge in [-0.2, -0.15) is 8.75 Å². The number of nitro benzene ring substituents is 1. The summed E-state index contributed by atoms with van der Waals surface area (Å²) in [5, 5.41) is 13.8. The molecule has 0 aliphatic heterocycles. The van der Waals surface area contributed by atoms with Gasteiger partial charge in [-0.3, -0.25) is 14.9 Å². The van der Waals surface area contributed by atoms with E-state index in [4.69, 9.17) is 23.2 Å². The second-order valence-corrected chi connectivity index (χ2v) is 5.77. The van der Waals surface area contributed by atoms with E-state index in [0.29, 0.717) is 21.7 Å². The molecule has 2 aromatic carbocycles. The van der Waals surface area contributed by atoms with E-state index in [1.54, 1.807) is 12.1 Å². The fraction of sp³-hybridized carbons (Fsp3) is 0. The molecule has 1 aromatic heterocycles. The molecule has 0 unspecified atom stereocenters. The first-order chi connectivity index (χ1) is 11.0. The van der Waals surface area contributed by atoms with Crippen molar-refractivity contribution >= 4 is 63.2 Å². The van der Waals surface area contributed by atoms with E-state index >= 15 is 0 Å². The van der Waals surface area contributed by atoms with E-state index in [2.05, 4.69) is 14.1 Å². The molecule has 1 heterocycles. The molecule has 0 atom stereocenters. The summed E-state index contributed by atoms with van der Waals surface area (Å²) in [5.74, 6) is -0.563. The highest BCUT2D eigenvalue weighted by Gasteiger charge is 2.18. The lowest BCUT2D eigenvalue weighted by Crippen LogP contribution is -2.13. The topological polar surface area (TPSA) is 98.0 Å². The molecule has 1 N–H and O–H groups in total. The highest BCUT2D eigenvalue weighted by Crippen LogP contribution is 2.31. The first kappa shape index (κ1) is 15.6. The number of benzene rings is 2. The predicted octanol–water partition coefficient (Wildman–Crippen LogP) is 4.16. The van der Waals surface area contributed by atoms with Gasteiger partial charge >= 0.3 is 0 Å². The molecule has 0 bridgehead atoms. The van der Waals surface area contributed by atoms with E-state index in [9.17, 15) is 14.9 Å². The van der Waals surface area contributed by atoms with Crippen molar-refractivity contribution in [2.45, 2.75) is 0 Å². The number of carbonyl (C=O) groups is 1. The molecule has 0 spiro atoms. The molecule has 0 aliphatic rings. The van der Waals surface area contributed by atoms with Gasteiger partial charge < -0.3 is 5.32 Å². The summed E-state index contributed by atoms with van der Waals surface area (Å²) in [6.07, 6.45) is 0. The fourth-order valence-electron chi connectivity index (χ4n) is 1.93. The van der Waals surface area contributed by atoms with Gasteiger partial charge in [-0.05, 0) is 24.3 Å². The second kappa shape index (κ2) is 6.07. The maximum atomic E-state index is 12.3. The molecule has 0 radical (unpaired) electrons. The number of rotatable bonds is 3. The normalized spacial score (nSPS) is 10.7. The Morgan fingerprint density at radius 2 is 1.91 bits per heavy atom. The summed E-state index contributed by atoms with van der Waals surface area (Å²) in [6.45, 7) is 0. The van der Waals surface area contributed by atoms with Gasteiger partial charge in [0.2, 0.25) is 0 Å². The van der Waals surface area contributed by atoms with Gasteiger partial charge in [0.25, 0.3) is 11.6 Å².